The van der Waals surface area contributed by atoms with E-state index in [1.807, 2.05) is 24.3 Å². The van der Waals surface area contributed by atoms with E-state index in [1.165, 1.54) is 22.1 Å². The first-order valence-corrected chi connectivity index (χ1v) is 7.62. The number of anilines is 3. The number of nitrogens with one attached hydrogen (secondary N) is 1. The molecule has 0 aliphatic carbocycles. The van der Waals surface area contributed by atoms with Crippen molar-refractivity contribution in [2.24, 2.45) is 0 Å². The predicted molar refractivity (Wildman–Crippen MR) is 88.6 cm³/mol. The Kier molecular flexibility index (Phi) is 3.16. The van der Waals surface area contributed by atoms with Crippen molar-refractivity contribution < 1.29 is 4.39 Å². The third-order valence-corrected chi connectivity index (χ3v) is 4.23. The number of halogens is 1. The fraction of sp³-hybridized carbons (Fsp3) is 0. The summed E-state index contributed by atoms with van der Waals surface area (Å²) in [5, 5.41) is 7.69. The van der Waals surface area contributed by atoms with Crippen LogP contribution in [0.3, 0.4) is 0 Å². The minimum absolute atomic E-state index is 0.183. The number of nitrogen functional groups attached to an aromatic ring is 1. The third kappa shape index (κ3) is 2.49. The van der Waals surface area contributed by atoms with Crippen molar-refractivity contribution in [3.8, 4) is 5.13 Å². The summed E-state index contributed by atoms with van der Waals surface area (Å²) in [6.45, 7) is 0. The largest absolute Gasteiger partial charge is 0.368 e. The summed E-state index contributed by atoms with van der Waals surface area (Å²) < 4.78 is 16.1. The maximum Gasteiger partial charge on any atom is 0.249 e. The van der Waals surface area contributed by atoms with Crippen LogP contribution >= 0.6 is 11.3 Å². The molecule has 0 fully saturated rings. The molecule has 2 aromatic heterocycles. The average molecular weight is 326 g/mol. The summed E-state index contributed by atoms with van der Waals surface area (Å²) in [7, 11) is 0. The molecule has 0 aliphatic rings. The predicted octanol–water partition coefficient (Wildman–Crippen LogP) is 3.34. The van der Waals surface area contributed by atoms with Gasteiger partial charge < -0.3 is 11.1 Å². The molecule has 0 bridgehead atoms. The average Bonchev–Trinajstić information content (AvgIpc) is 3.12. The van der Waals surface area contributed by atoms with E-state index in [9.17, 15) is 4.39 Å². The fourth-order valence-corrected chi connectivity index (χ4v) is 3.08. The van der Waals surface area contributed by atoms with Gasteiger partial charge in [0.2, 0.25) is 17.0 Å². The van der Waals surface area contributed by atoms with Gasteiger partial charge in [-0.05, 0) is 24.3 Å². The quantitative estimate of drug-likeness (QED) is 0.603. The van der Waals surface area contributed by atoms with Crippen LogP contribution in [0.1, 0.15) is 0 Å². The molecule has 3 N–H and O–H groups in total. The number of benzene rings is 2. The topological polar surface area (TPSA) is 81.6 Å². The van der Waals surface area contributed by atoms with E-state index in [0.29, 0.717) is 5.13 Å². The lowest BCUT2D eigenvalue weighted by atomic mass is 10.3. The van der Waals surface area contributed by atoms with Crippen LogP contribution in [0.4, 0.5) is 22.0 Å². The summed E-state index contributed by atoms with van der Waals surface area (Å²) in [5.74, 6) is 0.0113. The van der Waals surface area contributed by atoms with Gasteiger partial charge in [-0.25, -0.2) is 9.37 Å². The number of fused-ring (bicyclic) bond motifs is 1. The summed E-state index contributed by atoms with van der Waals surface area (Å²) in [4.78, 5) is 8.59. The highest BCUT2D eigenvalue weighted by molar-refractivity contribution is 7.20. The van der Waals surface area contributed by atoms with Gasteiger partial charge in [-0.3, -0.25) is 0 Å². The van der Waals surface area contributed by atoms with Crippen LogP contribution in [-0.4, -0.2) is 19.7 Å². The van der Waals surface area contributed by atoms with Crippen LogP contribution < -0.4 is 11.1 Å². The first kappa shape index (κ1) is 13.6. The Labute approximate surface area is 134 Å². The smallest absolute Gasteiger partial charge is 0.249 e. The van der Waals surface area contributed by atoms with E-state index in [2.05, 4.69) is 20.4 Å². The van der Waals surface area contributed by atoms with E-state index in [4.69, 9.17) is 5.73 Å². The second kappa shape index (κ2) is 5.33. The second-order valence-electron chi connectivity index (χ2n) is 4.77. The second-order valence-corrected chi connectivity index (χ2v) is 5.78. The molecule has 2 aromatic carbocycles. The zero-order valence-electron chi connectivity index (χ0n) is 11.8. The van der Waals surface area contributed by atoms with E-state index >= 15 is 0 Å². The zero-order chi connectivity index (χ0) is 15.8. The molecule has 23 heavy (non-hydrogen) atoms. The molecule has 2 heterocycles. The molecule has 114 valence electrons. The lowest BCUT2D eigenvalue weighted by molar-refractivity contribution is 0.631. The van der Waals surface area contributed by atoms with Crippen molar-refractivity contribution >= 4 is 39.1 Å². The van der Waals surface area contributed by atoms with Gasteiger partial charge in [0.25, 0.3) is 0 Å². The summed E-state index contributed by atoms with van der Waals surface area (Å²) in [6.07, 6.45) is 0. The number of para-hydroxylation sites is 2. The molecule has 0 saturated carbocycles. The Morgan fingerprint density at radius 2 is 1.83 bits per heavy atom. The molecule has 0 radical (unpaired) electrons. The highest BCUT2D eigenvalue weighted by atomic mass is 32.1. The van der Waals surface area contributed by atoms with Crippen LogP contribution in [0.2, 0.25) is 0 Å². The van der Waals surface area contributed by atoms with Crippen molar-refractivity contribution in [2.45, 2.75) is 0 Å². The minimum Gasteiger partial charge on any atom is -0.368 e. The molecule has 0 saturated heterocycles. The van der Waals surface area contributed by atoms with Crippen LogP contribution in [-0.2, 0) is 0 Å². The molecule has 8 heteroatoms. The number of hydrogen-bond donors (Lipinski definition) is 2. The molecule has 0 unspecified atom stereocenters. The van der Waals surface area contributed by atoms with Crippen molar-refractivity contribution in [3.05, 3.63) is 54.3 Å². The van der Waals surface area contributed by atoms with Crippen molar-refractivity contribution in [1.29, 1.82) is 0 Å². The van der Waals surface area contributed by atoms with E-state index in [-0.39, 0.29) is 23.4 Å². The molecule has 4 rings (SSSR count). The monoisotopic (exact) mass is 326 g/mol. The number of nitrogens with zero attached hydrogens (tertiary/aromatic N) is 4. The van der Waals surface area contributed by atoms with Gasteiger partial charge in [0.05, 0.1) is 15.9 Å². The minimum atomic E-state index is -0.387. The third-order valence-electron chi connectivity index (χ3n) is 3.22. The van der Waals surface area contributed by atoms with Crippen LogP contribution in [0.5, 0.6) is 0 Å². The summed E-state index contributed by atoms with van der Waals surface area (Å²) in [6, 6.07) is 14.0. The van der Waals surface area contributed by atoms with Gasteiger partial charge in [0, 0.05) is 0 Å². The maximum atomic E-state index is 13.7. The molecular weight excluding hydrogens is 315 g/mol. The molecule has 4 aromatic rings. The van der Waals surface area contributed by atoms with Gasteiger partial charge in [0.15, 0.2) is 0 Å². The molecule has 0 atom stereocenters. The number of nitrogens with two attached hydrogens (primary N) is 1. The molecule has 0 spiro atoms. The zero-order valence-corrected chi connectivity index (χ0v) is 12.6. The fourth-order valence-electron chi connectivity index (χ4n) is 2.15. The Hall–Kier alpha value is -3.00. The summed E-state index contributed by atoms with van der Waals surface area (Å²) in [5.41, 5.74) is 7.06. The van der Waals surface area contributed by atoms with E-state index < -0.39 is 0 Å². The first-order valence-electron chi connectivity index (χ1n) is 6.81. The van der Waals surface area contributed by atoms with Crippen molar-refractivity contribution in [2.75, 3.05) is 11.1 Å². The number of rotatable bonds is 3. The molecular formula is C15H11FN6S. The van der Waals surface area contributed by atoms with Crippen LogP contribution in [0, 0.1) is 5.82 Å². The maximum absolute atomic E-state index is 13.7. The van der Waals surface area contributed by atoms with Crippen molar-refractivity contribution in [3.63, 3.8) is 0 Å². The van der Waals surface area contributed by atoms with Crippen molar-refractivity contribution in [1.82, 2.24) is 19.7 Å². The number of hydrogen-bond acceptors (Lipinski definition) is 6. The highest BCUT2D eigenvalue weighted by Gasteiger charge is 2.14. The van der Waals surface area contributed by atoms with Gasteiger partial charge in [-0.2, -0.15) is 9.67 Å². The van der Waals surface area contributed by atoms with Gasteiger partial charge in [-0.15, -0.1) is 5.10 Å². The van der Waals surface area contributed by atoms with Gasteiger partial charge in [-0.1, -0.05) is 35.6 Å². The Morgan fingerprint density at radius 1 is 1.04 bits per heavy atom. The molecule has 0 amide bonds. The Morgan fingerprint density at radius 3 is 2.65 bits per heavy atom. The Balaban J connectivity index is 1.71. The SMILES string of the molecule is Nc1nc(Nc2ccccc2F)nn1-c1nc2ccccc2s1. The first-order chi connectivity index (χ1) is 11.2. The molecule has 0 aliphatic heterocycles. The van der Waals surface area contributed by atoms with Crippen LogP contribution in [0.15, 0.2) is 48.5 Å². The van der Waals surface area contributed by atoms with Gasteiger partial charge >= 0.3 is 0 Å². The van der Waals surface area contributed by atoms with E-state index in [1.54, 1.807) is 18.2 Å². The summed E-state index contributed by atoms with van der Waals surface area (Å²) >= 11 is 1.45. The van der Waals surface area contributed by atoms with Crippen LogP contribution in [0.25, 0.3) is 15.3 Å². The standard InChI is InChI=1S/C15H11FN6S/c16-9-5-1-2-6-10(9)18-14-20-13(17)22(21-14)15-19-11-7-3-4-8-12(11)23-15/h1-8H,(H3,17,18,20,21). The van der Waals surface area contributed by atoms with Gasteiger partial charge in [0.1, 0.15) is 5.82 Å². The number of aromatic nitrogens is 4. The lowest BCUT2D eigenvalue weighted by Crippen LogP contribution is -2.01. The highest BCUT2D eigenvalue weighted by Crippen LogP contribution is 2.26. The van der Waals surface area contributed by atoms with E-state index in [0.717, 1.165) is 10.2 Å². The normalized spacial score (nSPS) is 11.0. The Bertz CT molecular complexity index is 959. The molecule has 6 nitrogen and oxygen atoms in total. The lowest BCUT2D eigenvalue weighted by Gasteiger charge is -2.01. The number of thiazole rings is 1.